The second-order valence-corrected chi connectivity index (χ2v) is 7.93. The van der Waals surface area contributed by atoms with Crippen molar-refractivity contribution in [2.75, 3.05) is 11.5 Å². The van der Waals surface area contributed by atoms with Crippen LogP contribution in [0.5, 0.6) is 0 Å². The van der Waals surface area contributed by atoms with Crippen LogP contribution in [-0.2, 0) is 0 Å². The van der Waals surface area contributed by atoms with Crippen LogP contribution in [0.4, 0.5) is 11.4 Å². The van der Waals surface area contributed by atoms with E-state index in [0.29, 0.717) is 23.4 Å². The Morgan fingerprint density at radius 2 is 1.15 bits per heavy atom. The first-order chi connectivity index (χ1) is 13.2. The summed E-state index contributed by atoms with van der Waals surface area (Å²) >= 11 is 0. The molecule has 1 rings (SSSR count). The van der Waals surface area contributed by atoms with E-state index in [9.17, 15) is 4.79 Å². The van der Waals surface area contributed by atoms with Crippen LogP contribution in [0.3, 0.4) is 0 Å². The van der Waals surface area contributed by atoms with Crippen molar-refractivity contribution in [3.63, 3.8) is 0 Å². The lowest BCUT2D eigenvalue weighted by Crippen LogP contribution is -2.06. The van der Waals surface area contributed by atoms with Gasteiger partial charge in [-0.05, 0) is 18.6 Å². The molecule has 1 aromatic carbocycles. The highest BCUT2D eigenvalue weighted by Gasteiger charge is 2.10. The van der Waals surface area contributed by atoms with Gasteiger partial charge in [0.1, 0.15) is 0 Å². The first-order valence-corrected chi connectivity index (χ1v) is 11.3. The van der Waals surface area contributed by atoms with Gasteiger partial charge in [0.25, 0.3) is 0 Å². The summed E-state index contributed by atoms with van der Waals surface area (Å²) < 4.78 is 0. The highest BCUT2D eigenvalue weighted by Crippen LogP contribution is 2.22. The normalized spacial score (nSPS) is 11.0. The molecule has 0 spiro atoms. The molecule has 3 nitrogen and oxygen atoms in total. The zero-order valence-corrected chi connectivity index (χ0v) is 17.6. The van der Waals surface area contributed by atoms with Crippen molar-refractivity contribution in [1.29, 1.82) is 0 Å². The predicted octanol–water partition coefficient (Wildman–Crippen LogP) is 7.30. The van der Waals surface area contributed by atoms with E-state index in [1.807, 2.05) is 0 Å². The monoisotopic (exact) mass is 374 g/mol. The Kier molecular flexibility index (Phi) is 13.5. The molecule has 0 aromatic heterocycles. The highest BCUT2D eigenvalue weighted by atomic mass is 16.1. The van der Waals surface area contributed by atoms with Crippen molar-refractivity contribution < 1.29 is 4.79 Å². The molecular formula is C24H42N2O. The van der Waals surface area contributed by atoms with Crippen molar-refractivity contribution in [2.24, 2.45) is 0 Å². The van der Waals surface area contributed by atoms with Gasteiger partial charge >= 0.3 is 0 Å². The van der Waals surface area contributed by atoms with Crippen LogP contribution >= 0.6 is 0 Å². The van der Waals surface area contributed by atoms with Crippen molar-refractivity contribution in [2.45, 2.75) is 110 Å². The predicted molar refractivity (Wildman–Crippen MR) is 119 cm³/mol. The SMILES string of the molecule is CCCCCCCCCCCCCCCCCC(=O)c1cccc(N)c1N. The molecule has 0 aliphatic rings. The molecule has 154 valence electrons. The molecule has 4 N–H and O–H groups in total. The minimum Gasteiger partial charge on any atom is -0.397 e. The number of carbonyl (C=O) groups is 1. The Morgan fingerprint density at radius 3 is 1.63 bits per heavy atom. The molecule has 0 unspecified atom stereocenters. The number of para-hydroxylation sites is 1. The maximum Gasteiger partial charge on any atom is 0.165 e. The summed E-state index contributed by atoms with van der Waals surface area (Å²) in [5, 5.41) is 0. The van der Waals surface area contributed by atoms with Gasteiger partial charge in [0, 0.05) is 12.0 Å². The van der Waals surface area contributed by atoms with E-state index in [4.69, 9.17) is 11.5 Å². The molecule has 0 aliphatic heterocycles. The van der Waals surface area contributed by atoms with Crippen molar-refractivity contribution in [3.8, 4) is 0 Å². The van der Waals surface area contributed by atoms with Gasteiger partial charge in [0.05, 0.1) is 11.4 Å². The van der Waals surface area contributed by atoms with Crippen LogP contribution in [0.15, 0.2) is 18.2 Å². The smallest absolute Gasteiger partial charge is 0.165 e. The van der Waals surface area contributed by atoms with Gasteiger partial charge < -0.3 is 11.5 Å². The summed E-state index contributed by atoms with van der Waals surface area (Å²) in [5.41, 5.74) is 13.2. The third kappa shape index (κ3) is 11.0. The van der Waals surface area contributed by atoms with E-state index in [-0.39, 0.29) is 5.78 Å². The molecule has 0 fully saturated rings. The number of hydrogen-bond donors (Lipinski definition) is 2. The molecular weight excluding hydrogens is 332 g/mol. The van der Waals surface area contributed by atoms with Gasteiger partial charge in [-0.25, -0.2) is 0 Å². The average molecular weight is 375 g/mol. The van der Waals surface area contributed by atoms with Crippen LogP contribution in [0.25, 0.3) is 0 Å². The number of carbonyl (C=O) groups excluding carboxylic acids is 1. The van der Waals surface area contributed by atoms with E-state index < -0.39 is 0 Å². The Bertz CT molecular complexity index is 513. The third-order valence-electron chi connectivity index (χ3n) is 5.45. The number of rotatable bonds is 17. The van der Waals surface area contributed by atoms with Crippen LogP contribution in [0.1, 0.15) is 120 Å². The lowest BCUT2D eigenvalue weighted by Gasteiger charge is -2.07. The number of unbranched alkanes of at least 4 members (excludes halogenated alkanes) is 14. The number of anilines is 2. The van der Waals surface area contributed by atoms with Crippen LogP contribution in [0.2, 0.25) is 0 Å². The van der Waals surface area contributed by atoms with E-state index in [1.54, 1.807) is 18.2 Å². The van der Waals surface area contributed by atoms with Gasteiger partial charge in [0.2, 0.25) is 0 Å². The zero-order chi connectivity index (χ0) is 19.7. The number of ketones is 1. The van der Waals surface area contributed by atoms with E-state index >= 15 is 0 Å². The first kappa shape index (κ1) is 23.5. The number of nitrogens with two attached hydrogens (primary N) is 2. The maximum absolute atomic E-state index is 12.2. The summed E-state index contributed by atoms with van der Waals surface area (Å²) in [4.78, 5) is 12.2. The zero-order valence-electron chi connectivity index (χ0n) is 17.6. The standard InChI is InChI=1S/C24H42N2O/c1-2-3-4-5-6-7-8-9-10-11-12-13-14-15-16-20-23(27)21-18-17-19-22(25)24(21)26/h17-19H,2-16,20,25-26H2,1H3. The molecule has 1 aromatic rings. The molecule has 0 saturated carbocycles. The fraction of sp³-hybridized carbons (Fsp3) is 0.708. The van der Waals surface area contributed by atoms with Gasteiger partial charge in [-0.15, -0.1) is 0 Å². The van der Waals surface area contributed by atoms with Gasteiger partial charge in [-0.1, -0.05) is 103 Å². The fourth-order valence-corrected chi connectivity index (χ4v) is 3.62. The molecule has 27 heavy (non-hydrogen) atoms. The second kappa shape index (κ2) is 15.5. The van der Waals surface area contributed by atoms with Gasteiger partial charge in [0.15, 0.2) is 5.78 Å². The molecule has 3 heteroatoms. The molecule has 0 radical (unpaired) electrons. The Labute approximate surface area is 167 Å². The van der Waals surface area contributed by atoms with Crippen molar-refractivity contribution in [3.05, 3.63) is 23.8 Å². The molecule has 0 amide bonds. The quantitative estimate of drug-likeness (QED) is 0.171. The van der Waals surface area contributed by atoms with E-state index in [2.05, 4.69) is 6.92 Å². The third-order valence-corrected chi connectivity index (χ3v) is 5.45. The van der Waals surface area contributed by atoms with Gasteiger partial charge in [-0.3, -0.25) is 4.79 Å². The lowest BCUT2D eigenvalue weighted by atomic mass is 10.0. The largest absolute Gasteiger partial charge is 0.397 e. The number of nitrogen functional groups attached to an aromatic ring is 2. The van der Waals surface area contributed by atoms with E-state index in [0.717, 1.165) is 12.8 Å². The van der Waals surface area contributed by atoms with Crippen LogP contribution < -0.4 is 11.5 Å². The molecule has 0 atom stereocenters. The lowest BCUT2D eigenvalue weighted by molar-refractivity contribution is 0.0980. The molecule has 0 bridgehead atoms. The minimum absolute atomic E-state index is 0.120. The molecule has 0 saturated heterocycles. The molecule has 0 heterocycles. The summed E-state index contributed by atoms with van der Waals surface area (Å²) in [7, 11) is 0. The highest BCUT2D eigenvalue weighted by molar-refractivity contribution is 6.02. The maximum atomic E-state index is 12.2. The first-order valence-electron chi connectivity index (χ1n) is 11.3. The summed E-state index contributed by atoms with van der Waals surface area (Å²) in [6, 6.07) is 5.31. The topological polar surface area (TPSA) is 69.1 Å². The van der Waals surface area contributed by atoms with Crippen LogP contribution in [0, 0.1) is 0 Å². The number of Topliss-reactive ketones (excluding diaryl/α,β-unsaturated/α-hetero) is 1. The van der Waals surface area contributed by atoms with Gasteiger partial charge in [-0.2, -0.15) is 0 Å². The summed E-state index contributed by atoms with van der Waals surface area (Å²) in [6.07, 6.45) is 20.6. The van der Waals surface area contributed by atoms with Crippen molar-refractivity contribution in [1.82, 2.24) is 0 Å². The number of hydrogen-bond acceptors (Lipinski definition) is 3. The Hall–Kier alpha value is -1.51. The number of benzene rings is 1. The average Bonchev–Trinajstić information content (AvgIpc) is 2.67. The van der Waals surface area contributed by atoms with Crippen LogP contribution in [-0.4, -0.2) is 5.78 Å². The second-order valence-electron chi connectivity index (χ2n) is 7.93. The molecule has 0 aliphatic carbocycles. The Balaban J connectivity index is 1.89. The Morgan fingerprint density at radius 1 is 0.704 bits per heavy atom. The van der Waals surface area contributed by atoms with Crippen molar-refractivity contribution >= 4 is 17.2 Å². The minimum atomic E-state index is 0.120. The summed E-state index contributed by atoms with van der Waals surface area (Å²) in [5.74, 6) is 0.120. The fourth-order valence-electron chi connectivity index (χ4n) is 3.62. The summed E-state index contributed by atoms with van der Waals surface area (Å²) in [6.45, 7) is 2.27. The van der Waals surface area contributed by atoms with E-state index in [1.165, 1.54) is 83.5 Å².